The smallest absolute Gasteiger partial charge is 0.128 e. The number of fused-ring (bicyclic) bond motifs is 1. The molecule has 6 heteroatoms. The van der Waals surface area contributed by atoms with E-state index in [0.717, 1.165) is 38.5 Å². The molecule has 22 heavy (non-hydrogen) atoms. The van der Waals surface area contributed by atoms with Crippen molar-refractivity contribution in [2.75, 3.05) is 5.75 Å². The van der Waals surface area contributed by atoms with Crippen molar-refractivity contribution in [3.63, 3.8) is 0 Å². The van der Waals surface area contributed by atoms with Crippen molar-refractivity contribution in [3.8, 4) is 17.2 Å². The number of nitrogens with zero attached hydrogens (tertiary/aromatic N) is 3. The largest absolute Gasteiger partial charge is 0.229 e. The number of halogens is 1. The van der Waals surface area contributed by atoms with Gasteiger partial charge in [-0.1, -0.05) is 12.1 Å². The van der Waals surface area contributed by atoms with Gasteiger partial charge in [-0.3, -0.25) is 0 Å². The Kier molecular flexibility index (Phi) is 4.66. The van der Waals surface area contributed by atoms with Crippen LogP contribution in [0.1, 0.15) is 12.8 Å². The van der Waals surface area contributed by atoms with Crippen molar-refractivity contribution in [1.29, 1.82) is 5.26 Å². The lowest BCUT2D eigenvalue weighted by Crippen LogP contribution is -1.88. The second-order valence-electron chi connectivity index (χ2n) is 4.63. The van der Waals surface area contributed by atoms with Crippen LogP contribution < -0.4 is 0 Å². The van der Waals surface area contributed by atoms with E-state index in [4.69, 9.17) is 5.26 Å². The quantitative estimate of drug-likeness (QED) is 0.380. The molecule has 2 heterocycles. The van der Waals surface area contributed by atoms with Crippen LogP contribution in [-0.4, -0.2) is 15.7 Å². The summed E-state index contributed by atoms with van der Waals surface area (Å²) in [4.78, 5) is 9.63. The minimum Gasteiger partial charge on any atom is -0.229 e. The number of nitriles is 1. The minimum atomic E-state index is -0.245. The lowest BCUT2D eigenvalue weighted by Gasteiger charge is -2.04. The van der Waals surface area contributed by atoms with Gasteiger partial charge in [-0.15, -0.1) is 23.1 Å². The lowest BCUT2D eigenvalue weighted by molar-refractivity contribution is 0.628. The fourth-order valence-electron chi connectivity index (χ4n) is 2.12. The van der Waals surface area contributed by atoms with E-state index >= 15 is 0 Å². The van der Waals surface area contributed by atoms with Crippen LogP contribution in [0.2, 0.25) is 0 Å². The number of hydrogen-bond acceptors (Lipinski definition) is 5. The Morgan fingerprint density at radius 1 is 1.23 bits per heavy atom. The molecule has 0 unspecified atom stereocenters. The van der Waals surface area contributed by atoms with Crippen molar-refractivity contribution < 1.29 is 4.39 Å². The summed E-state index contributed by atoms with van der Waals surface area (Å²) >= 11 is 3.20. The highest BCUT2D eigenvalue weighted by Crippen LogP contribution is 2.37. The number of aromatic nitrogens is 2. The minimum absolute atomic E-state index is 0.245. The second kappa shape index (κ2) is 6.86. The number of rotatable bonds is 5. The molecule has 0 amide bonds. The molecule has 110 valence electrons. The molecule has 0 aliphatic carbocycles. The molecule has 0 bridgehead atoms. The van der Waals surface area contributed by atoms with Gasteiger partial charge in [-0.05, 0) is 24.1 Å². The Morgan fingerprint density at radius 3 is 2.82 bits per heavy atom. The van der Waals surface area contributed by atoms with Gasteiger partial charge in [0.25, 0.3) is 0 Å². The number of thiophene rings is 1. The third-order valence-corrected chi connectivity index (χ3v) is 5.12. The zero-order valence-electron chi connectivity index (χ0n) is 11.6. The predicted octanol–water partition coefficient (Wildman–Crippen LogP) is 4.89. The Morgan fingerprint density at radius 2 is 2.05 bits per heavy atom. The van der Waals surface area contributed by atoms with Gasteiger partial charge >= 0.3 is 0 Å². The van der Waals surface area contributed by atoms with Crippen molar-refractivity contribution in [1.82, 2.24) is 9.97 Å². The summed E-state index contributed by atoms with van der Waals surface area (Å²) in [5.41, 5.74) is 1.99. The molecule has 0 aliphatic rings. The van der Waals surface area contributed by atoms with Crippen LogP contribution in [0, 0.1) is 17.1 Å². The molecule has 0 aliphatic heterocycles. The standard InChI is InChI=1S/C16H12FN3S2/c17-12-5-3-11(4-6-12)13-9-22-16-14(13)15(19-10-20-16)21-8-2-1-7-18/h3-6,9-10H,1-2,8H2. The van der Waals surface area contributed by atoms with Crippen LogP contribution >= 0.6 is 23.1 Å². The first-order chi connectivity index (χ1) is 10.8. The van der Waals surface area contributed by atoms with Gasteiger partial charge in [-0.2, -0.15) is 5.26 Å². The van der Waals surface area contributed by atoms with Crippen LogP contribution in [-0.2, 0) is 0 Å². The van der Waals surface area contributed by atoms with Gasteiger partial charge in [0.15, 0.2) is 0 Å². The lowest BCUT2D eigenvalue weighted by atomic mass is 10.1. The summed E-state index contributed by atoms with van der Waals surface area (Å²) in [7, 11) is 0. The van der Waals surface area contributed by atoms with Gasteiger partial charge < -0.3 is 0 Å². The highest BCUT2D eigenvalue weighted by Gasteiger charge is 2.13. The average molecular weight is 329 g/mol. The molecule has 0 spiro atoms. The molecule has 1 aromatic carbocycles. The molecule has 0 N–H and O–H groups in total. The molecule has 3 nitrogen and oxygen atoms in total. The Hall–Kier alpha value is -1.97. The van der Waals surface area contributed by atoms with Gasteiger partial charge in [0.05, 0.1) is 11.5 Å². The molecule has 0 radical (unpaired) electrons. The Labute approximate surface area is 135 Å². The summed E-state index contributed by atoms with van der Waals surface area (Å²) in [5.74, 6) is 0.601. The Balaban J connectivity index is 1.97. The monoisotopic (exact) mass is 329 g/mol. The first kappa shape index (κ1) is 14.9. The van der Waals surface area contributed by atoms with Crippen molar-refractivity contribution in [2.24, 2.45) is 0 Å². The van der Waals surface area contributed by atoms with Gasteiger partial charge in [-0.25, -0.2) is 14.4 Å². The van der Waals surface area contributed by atoms with E-state index in [2.05, 4.69) is 16.0 Å². The SMILES string of the molecule is N#CCCCSc1ncnc2scc(-c3ccc(F)cc3)c12. The average Bonchev–Trinajstić information content (AvgIpc) is 2.97. The van der Waals surface area contributed by atoms with E-state index in [-0.39, 0.29) is 5.82 Å². The number of unbranched alkanes of at least 4 members (excludes halogenated alkanes) is 1. The van der Waals surface area contributed by atoms with Gasteiger partial charge in [0.1, 0.15) is 22.0 Å². The van der Waals surface area contributed by atoms with E-state index in [1.807, 2.05) is 5.38 Å². The highest BCUT2D eigenvalue weighted by molar-refractivity contribution is 7.99. The van der Waals surface area contributed by atoms with Crippen molar-refractivity contribution >= 4 is 33.3 Å². The number of hydrogen-bond donors (Lipinski definition) is 0. The first-order valence-corrected chi connectivity index (χ1v) is 8.64. The molecular weight excluding hydrogens is 317 g/mol. The fourth-order valence-corrected chi connectivity index (χ4v) is 4.05. The van der Waals surface area contributed by atoms with E-state index in [1.54, 1.807) is 41.6 Å². The molecule has 0 saturated carbocycles. The summed E-state index contributed by atoms with van der Waals surface area (Å²) in [5, 5.41) is 12.6. The van der Waals surface area contributed by atoms with Crippen molar-refractivity contribution in [2.45, 2.75) is 17.9 Å². The maximum absolute atomic E-state index is 13.1. The zero-order chi connectivity index (χ0) is 15.4. The van der Waals surface area contributed by atoms with Crippen LogP contribution in [0.25, 0.3) is 21.3 Å². The van der Waals surface area contributed by atoms with Crippen LogP contribution in [0.4, 0.5) is 4.39 Å². The van der Waals surface area contributed by atoms with Crippen LogP contribution in [0.3, 0.4) is 0 Å². The van der Waals surface area contributed by atoms with Gasteiger partial charge in [0.2, 0.25) is 0 Å². The number of benzene rings is 1. The van der Waals surface area contributed by atoms with Crippen molar-refractivity contribution in [3.05, 3.63) is 41.8 Å². The molecule has 0 atom stereocenters. The topological polar surface area (TPSA) is 49.6 Å². The summed E-state index contributed by atoms with van der Waals surface area (Å²) in [6, 6.07) is 8.61. The van der Waals surface area contributed by atoms with Crippen LogP contribution in [0.5, 0.6) is 0 Å². The molecule has 0 saturated heterocycles. The maximum atomic E-state index is 13.1. The van der Waals surface area contributed by atoms with E-state index in [0.29, 0.717) is 6.42 Å². The fraction of sp³-hybridized carbons (Fsp3) is 0.188. The molecule has 3 rings (SSSR count). The summed E-state index contributed by atoms with van der Waals surface area (Å²) in [6.07, 6.45) is 2.96. The molecule has 2 aromatic heterocycles. The zero-order valence-corrected chi connectivity index (χ0v) is 13.3. The van der Waals surface area contributed by atoms with E-state index < -0.39 is 0 Å². The normalized spacial score (nSPS) is 10.7. The van der Waals surface area contributed by atoms with E-state index in [1.165, 1.54) is 12.1 Å². The molecule has 3 aromatic rings. The van der Waals surface area contributed by atoms with Gasteiger partial charge in [0, 0.05) is 23.1 Å². The second-order valence-corrected chi connectivity index (χ2v) is 6.57. The third kappa shape index (κ3) is 3.11. The molecular formula is C16H12FN3S2. The molecule has 0 fully saturated rings. The predicted molar refractivity (Wildman–Crippen MR) is 88.4 cm³/mol. The third-order valence-electron chi connectivity index (χ3n) is 3.16. The first-order valence-electron chi connectivity index (χ1n) is 6.77. The summed E-state index contributed by atoms with van der Waals surface area (Å²) in [6.45, 7) is 0. The number of thioether (sulfide) groups is 1. The Bertz CT molecular complexity index is 822. The van der Waals surface area contributed by atoms with Crippen LogP contribution in [0.15, 0.2) is 41.0 Å². The maximum Gasteiger partial charge on any atom is 0.128 e. The van der Waals surface area contributed by atoms with E-state index in [9.17, 15) is 4.39 Å². The highest BCUT2D eigenvalue weighted by atomic mass is 32.2. The summed E-state index contributed by atoms with van der Waals surface area (Å²) < 4.78 is 13.1.